The summed E-state index contributed by atoms with van der Waals surface area (Å²) in [5.74, 6) is -0.643. The Balaban J connectivity index is 1.98. The van der Waals surface area contributed by atoms with Crippen LogP contribution in [0.2, 0.25) is 0 Å². The zero-order valence-electron chi connectivity index (χ0n) is 18.4. The molecule has 0 fully saturated rings. The summed E-state index contributed by atoms with van der Waals surface area (Å²) in [5, 5.41) is 11.8. The van der Waals surface area contributed by atoms with Crippen LogP contribution in [0.25, 0.3) is 11.3 Å². The lowest BCUT2D eigenvalue weighted by molar-refractivity contribution is -0.137. The summed E-state index contributed by atoms with van der Waals surface area (Å²) in [6, 6.07) is 11.5. The molecule has 0 saturated heterocycles. The van der Waals surface area contributed by atoms with Crippen molar-refractivity contribution >= 4 is 22.7 Å². The Morgan fingerprint density at radius 2 is 1.79 bits per heavy atom. The van der Waals surface area contributed by atoms with Crippen LogP contribution in [0.3, 0.4) is 0 Å². The molecular weight excluding hydrogens is 469 g/mol. The number of aliphatic hydroxyl groups excluding tert-OH is 1. The van der Waals surface area contributed by atoms with Gasteiger partial charge in [0.15, 0.2) is 0 Å². The van der Waals surface area contributed by atoms with E-state index in [1.54, 1.807) is 35.8 Å². The van der Waals surface area contributed by atoms with Gasteiger partial charge in [-0.3, -0.25) is 9.00 Å². The molecule has 0 saturated carbocycles. The molecule has 3 rings (SSSR count). The summed E-state index contributed by atoms with van der Waals surface area (Å²) in [4.78, 5) is 13.0. The van der Waals surface area contributed by atoms with Crippen LogP contribution in [-0.4, -0.2) is 30.9 Å². The van der Waals surface area contributed by atoms with Gasteiger partial charge in [-0.05, 0) is 49.1 Å². The van der Waals surface area contributed by atoms with E-state index in [4.69, 9.17) is 5.11 Å². The number of aliphatic hydroxyl groups is 1. The largest absolute Gasteiger partial charge is 0.772 e. The number of rotatable bonds is 9. The first kappa shape index (κ1) is 25.7. The monoisotopic (exact) mass is 493 g/mol. The number of nitrogens with zero attached hydrogens (tertiary/aromatic N) is 1. The van der Waals surface area contributed by atoms with Crippen molar-refractivity contribution in [2.45, 2.75) is 38.2 Å². The first-order valence-corrected chi connectivity index (χ1v) is 11.8. The molecule has 1 aromatic heterocycles. The first-order valence-electron chi connectivity index (χ1n) is 10.5. The van der Waals surface area contributed by atoms with Gasteiger partial charge in [0, 0.05) is 36.4 Å². The number of hydrogen-bond acceptors (Lipinski definition) is 4. The van der Waals surface area contributed by atoms with Gasteiger partial charge in [-0.2, -0.15) is 13.2 Å². The molecular formula is C24H24F3N2O4S-. The molecule has 2 N–H and O–H groups in total. The van der Waals surface area contributed by atoms with Gasteiger partial charge in [-0.1, -0.05) is 41.4 Å². The maximum absolute atomic E-state index is 13.7. The van der Waals surface area contributed by atoms with Crippen LogP contribution in [0.5, 0.6) is 0 Å². The lowest BCUT2D eigenvalue weighted by Crippen LogP contribution is -2.12. The van der Waals surface area contributed by atoms with Crippen LogP contribution < -0.4 is 5.32 Å². The lowest BCUT2D eigenvalue weighted by atomic mass is 10.00. The van der Waals surface area contributed by atoms with Crippen molar-refractivity contribution in [3.05, 3.63) is 77.0 Å². The molecule has 0 aliphatic heterocycles. The highest BCUT2D eigenvalue weighted by Gasteiger charge is 2.35. The normalized spacial score (nSPS) is 12.5. The molecule has 10 heteroatoms. The van der Waals surface area contributed by atoms with E-state index < -0.39 is 28.7 Å². The van der Waals surface area contributed by atoms with E-state index >= 15 is 0 Å². The average Bonchev–Trinajstić information content (AvgIpc) is 3.10. The third-order valence-corrected chi connectivity index (χ3v) is 5.94. The topological polar surface area (TPSA) is 94.4 Å². The van der Waals surface area contributed by atoms with Crippen molar-refractivity contribution in [1.29, 1.82) is 0 Å². The zero-order valence-corrected chi connectivity index (χ0v) is 19.2. The van der Waals surface area contributed by atoms with Gasteiger partial charge < -0.3 is 19.5 Å². The molecule has 182 valence electrons. The zero-order chi connectivity index (χ0) is 24.9. The van der Waals surface area contributed by atoms with Crippen LogP contribution in [0.15, 0.2) is 54.7 Å². The summed E-state index contributed by atoms with van der Waals surface area (Å²) in [7, 11) is 0. The average molecular weight is 494 g/mol. The van der Waals surface area contributed by atoms with Crippen LogP contribution in [0.1, 0.15) is 39.9 Å². The molecule has 1 atom stereocenters. The number of amides is 1. The molecule has 2 aromatic carbocycles. The molecule has 1 unspecified atom stereocenters. The van der Waals surface area contributed by atoms with E-state index in [9.17, 15) is 26.7 Å². The van der Waals surface area contributed by atoms with Gasteiger partial charge in [0.1, 0.15) is 0 Å². The SMILES string of the molecule is Cc1c(C(=O)Nc2ccc(CS(=O)[O-])cc2)cn(CCCCO)c1-c1ccccc1C(F)(F)F. The molecule has 0 bridgehead atoms. The summed E-state index contributed by atoms with van der Waals surface area (Å²) < 4.78 is 64.4. The van der Waals surface area contributed by atoms with Crippen molar-refractivity contribution in [2.75, 3.05) is 11.9 Å². The third-order valence-electron chi connectivity index (χ3n) is 5.37. The first-order chi connectivity index (χ1) is 16.1. The molecule has 1 amide bonds. The predicted molar refractivity (Wildman–Crippen MR) is 123 cm³/mol. The second-order valence-electron chi connectivity index (χ2n) is 7.78. The maximum Gasteiger partial charge on any atom is 0.417 e. The van der Waals surface area contributed by atoms with E-state index in [0.717, 1.165) is 6.07 Å². The van der Waals surface area contributed by atoms with Crippen molar-refractivity contribution in [1.82, 2.24) is 4.57 Å². The van der Waals surface area contributed by atoms with Crippen LogP contribution >= 0.6 is 0 Å². The number of unbranched alkanes of at least 4 members (excludes halogenated alkanes) is 1. The highest BCUT2D eigenvalue weighted by Crippen LogP contribution is 2.39. The third kappa shape index (κ3) is 6.13. The Labute approximate surface area is 197 Å². The number of alkyl halides is 3. The van der Waals surface area contributed by atoms with Crippen molar-refractivity contribution in [2.24, 2.45) is 0 Å². The van der Waals surface area contributed by atoms with E-state index in [1.807, 2.05) is 0 Å². The fourth-order valence-corrected chi connectivity index (χ4v) is 4.24. The molecule has 0 radical (unpaired) electrons. The Bertz CT molecular complexity index is 1170. The fraction of sp³-hybridized carbons (Fsp3) is 0.292. The quantitative estimate of drug-likeness (QED) is 0.328. The number of aryl methyl sites for hydroxylation is 1. The predicted octanol–water partition coefficient (Wildman–Crippen LogP) is 4.89. The van der Waals surface area contributed by atoms with E-state index in [-0.39, 0.29) is 23.5 Å². The van der Waals surface area contributed by atoms with E-state index in [0.29, 0.717) is 41.9 Å². The number of benzene rings is 2. The molecule has 3 aromatic rings. The lowest BCUT2D eigenvalue weighted by Gasteiger charge is -2.16. The number of carbonyl (C=O) groups excluding carboxylic acids is 1. The van der Waals surface area contributed by atoms with Crippen molar-refractivity contribution in [3.63, 3.8) is 0 Å². The number of carbonyl (C=O) groups is 1. The summed E-state index contributed by atoms with van der Waals surface area (Å²) in [6.07, 6.45) is -2.05. The van der Waals surface area contributed by atoms with Gasteiger partial charge in [-0.15, -0.1) is 0 Å². The molecule has 1 heterocycles. The van der Waals surface area contributed by atoms with Gasteiger partial charge in [-0.25, -0.2) is 0 Å². The summed E-state index contributed by atoms with van der Waals surface area (Å²) >= 11 is -2.23. The van der Waals surface area contributed by atoms with E-state index in [2.05, 4.69) is 5.32 Å². The number of anilines is 1. The maximum atomic E-state index is 13.7. The van der Waals surface area contributed by atoms with Gasteiger partial charge in [0.25, 0.3) is 5.91 Å². The van der Waals surface area contributed by atoms with Crippen LogP contribution in [0, 0.1) is 6.92 Å². The second kappa shape index (κ2) is 11.0. The van der Waals surface area contributed by atoms with Crippen molar-refractivity contribution < 1.29 is 31.8 Å². The Morgan fingerprint density at radius 3 is 2.41 bits per heavy atom. The number of aromatic nitrogens is 1. The smallest absolute Gasteiger partial charge is 0.417 e. The number of nitrogens with one attached hydrogen (secondary N) is 1. The second-order valence-corrected chi connectivity index (χ2v) is 8.68. The molecule has 0 aliphatic rings. The molecule has 6 nitrogen and oxygen atoms in total. The summed E-state index contributed by atoms with van der Waals surface area (Å²) in [6.45, 7) is 1.89. The standard InChI is InChI=1S/C24H25F3N2O4S/c1-16-20(23(31)28-18-10-8-17(9-11-18)15-34(32)33)14-29(12-4-5-13-30)22(16)19-6-2-3-7-21(19)24(25,26)27/h2-3,6-11,14,30H,4-5,12-13,15H2,1H3,(H,28,31)(H,32,33)/p-1. The Morgan fingerprint density at radius 1 is 1.12 bits per heavy atom. The highest BCUT2D eigenvalue weighted by molar-refractivity contribution is 7.78. The minimum Gasteiger partial charge on any atom is -0.772 e. The highest BCUT2D eigenvalue weighted by atomic mass is 32.2. The Kier molecular flexibility index (Phi) is 8.29. The minimum absolute atomic E-state index is 0.0227. The van der Waals surface area contributed by atoms with Crippen LogP contribution in [-0.2, 0) is 29.6 Å². The van der Waals surface area contributed by atoms with Gasteiger partial charge in [0.05, 0.1) is 16.8 Å². The number of halogens is 3. The summed E-state index contributed by atoms with van der Waals surface area (Å²) in [5.41, 5.74) is 1.09. The van der Waals surface area contributed by atoms with E-state index in [1.165, 1.54) is 24.4 Å². The Hall–Kier alpha value is -2.95. The van der Waals surface area contributed by atoms with Crippen molar-refractivity contribution in [3.8, 4) is 11.3 Å². The molecule has 0 spiro atoms. The minimum atomic E-state index is -4.57. The number of hydrogen-bond donors (Lipinski definition) is 2. The van der Waals surface area contributed by atoms with Gasteiger partial charge >= 0.3 is 6.18 Å². The molecule has 0 aliphatic carbocycles. The van der Waals surface area contributed by atoms with Gasteiger partial charge in [0.2, 0.25) is 0 Å². The fourth-order valence-electron chi connectivity index (χ4n) is 3.77. The van der Waals surface area contributed by atoms with Crippen LogP contribution in [0.4, 0.5) is 18.9 Å². The molecule has 34 heavy (non-hydrogen) atoms.